The first-order valence-electron chi connectivity index (χ1n) is 11.0. The Morgan fingerprint density at radius 1 is 1.03 bits per heavy atom. The van der Waals surface area contributed by atoms with E-state index in [0.29, 0.717) is 16.9 Å². The summed E-state index contributed by atoms with van der Waals surface area (Å²) in [5.41, 5.74) is 0. The van der Waals surface area contributed by atoms with Crippen molar-refractivity contribution < 1.29 is 13.2 Å². The van der Waals surface area contributed by atoms with Crippen LogP contribution in [0.15, 0.2) is 71.9 Å². The third-order valence-electron chi connectivity index (χ3n) is 5.84. The fourth-order valence-corrected chi connectivity index (χ4v) is 5.52. The maximum Gasteiger partial charge on any atom is 0.242 e. The highest BCUT2D eigenvalue weighted by Crippen LogP contribution is 2.22. The van der Waals surface area contributed by atoms with Gasteiger partial charge in [-0.3, -0.25) is 9.88 Å². The van der Waals surface area contributed by atoms with Gasteiger partial charge in [0.15, 0.2) is 0 Å². The van der Waals surface area contributed by atoms with Gasteiger partial charge in [0.1, 0.15) is 5.75 Å². The van der Waals surface area contributed by atoms with Crippen molar-refractivity contribution in [3.63, 3.8) is 0 Å². The van der Waals surface area contributed by atoms with Crippen molar-refractivity contribution in [1.82, 2.24) is 19.5 Å². The molecule has 0 bridgehead atoms. The second kappa shape index (κ2) is 10.4. The molecule has 1 saturated heterocycles. The van der Waals surface area contributed by atoms with Gasteiger partial charge in [-0.25, -0.2) is 8.42 Å². The van der Waals surface area contributed by atoms with E-state index in [-0.39, 0.29) is 6.17 Å². The van der Waals surface area contributed by atoms with Crippen LogP contribution < -0.4 is 9.46 Å². The molecular weight excluding hydrogens is 424 g/mol. The number of benzene rings is 2. The standard InChI is InChI=1S/C24H30N4O3S/c1-20(26-32(29,30)24-10-5-7-21-19-25-12-11-23(21)24)28-16-14-27(15-17-28)13-6-18-31-22-8-3-2-4-9-22/h2-5,7-12,19-20,26H,6,13-18H2,1H3. The van der Waals surface area contributed by atoms with Gasteiger partial charge in [0.05, 0.1) is 17.7 Å². The number of aromatic nitrogens is 1. The Morgan fingerprint density at radius 2 is 1.81 bits per heavy atom. The number of fused-ring (bicyclic) bond motifs is 1. The molecular formula is C24H30N4O3S. The molecule has 8 heteroatoms. The Kier molecular flexibility index (Phi) is 7.36. The lowest BCUT2D eigenvalue weighted by atomic mass is 10.2. The van der Waals surface area contributed by atoms with Gasteiger partial charge >= 0.3 is 0 Å². The first-order chi connectivity index (χ1) is 15.5. The summed E-state index contributed by atoms with van der Waals surface area (Å²) in [7, 11) is -3.64. The summed E-state index contributed by atoms with van der Waals surface area (Å²) in [4.78, 5) is 8.96. The number of pyridine rings is 1. The molecule has 0 radical (unpaired) electrons. The van der Waals surface area contributed by atoms with Crippen molar-refractivity contribution in [3.8, 4) is 5.75 Å². The highest BCUT2D eigenvalue weighted by molar-refractivity contribution is 7.89. The number of hydrogen-bond acceptors (Lipinski definition) is 6. The Hall–Kier alpha value is -2.52. The zero-order valence-corrected chi connectivity index (χ0v) is 19.2. The lowest BCUT2D eigenvalue weighted by Crippen LogP contribution is -2.54. The second-order valence-electron chi connectivity index (χ2n) is 8.04. The Morgan fingerprint density at radius 3 is 2.59 bits per heavy atom. The van der Waals surface area contributed by atoms with Crippen LogP contribution in [0.1, 0.15) is 13.3 Å². The lowest BCUT2D eigenvalue weighted by molar-refractivity contribution is 0.0943. The van der Waals surface area contributed by atoms with Crippen LogP contribution in [0.5, 0.6) is 5.75 Å². The van der Waals surface area contributed by atoms with Gasteiger partial charge in [-0.05, 0) is 37.6 Å². The number of nitrogens with one attached hydrogen (secondary N) is 1. The molecule has 1 aliphatic heterocycles. The molecule has 7 nitrogen and oxygen atoms in total. The van der Waals surface area contributed by atoms with Crippen LogP contribution in [-0.4, -0.2) is 68.7 Å². The molecule has 0 aliphatic carbocycles. The third-order valence-corrected chi connectivity index (χ3v) is 7.43. The summed E-state index contributed by atoms with van der Waals surface area (Å²) in [5, 5.41) is 1.50. The van der Waals surface area contributed by atoms with Crippen LogP contribution in [-0.2, 0) is 10.0 Å². The molecule has 2 heterocycles. The average Bonchev–Trinajstić information content (AvgIpc) is 2.82. The normalized spacial score (nSPS) is 16.8. The van der Waals surface area contributed by atoms with Crippen LogP contribution in [0.4, 0.5) is 0 Å². The van der Waals surface area contributed by atoms with Crippen molar-refractivity contribution in [2.75, 3.05) is 39.3 Å². The molecule has 1 aromatic heterocycles. The summed E-state index contributed by atoms with van der Waals surface area (Å²) in [6, 6.07) is 16.9. The lowest BCUT2D eigenvalue weighted by Gasteiger charge is -2.38. The molecule has 0 spiro atoms. The molecule has 1 atom stereocenters. The van der Waals surface area contributed by atoms with E-state index < -0.39 is 10.0 Å². The zero-order chi connectivity index (χ0) is 22.4. The number of para-hydroxylation sites is 1. The number of hydrogen-bond donors (Lipinski definition) is 1. The van der Waals surface area contributed by atoms with E-state index in [2.05, 4.69) is 19.5 Å². The smallest absolute Gasteiger partial charge is 0.242 e. The van der Waals surface area contributed by atoms with Crippen LogP contribution in [0.25, 0.3) is 10.8 Å². The van der Waals surface area contributed by atoms with Crippen LogP contribution in [0, 0.1) is 0 Å². The van der Waals surface area contributed by atoms with Crippen LogP contribution in [0.3, 0.4) is 0 Å². The molecule has 32 heavy (non-hydrogen) atoms. The largest absolute Gasteiger partial charge is 0.494 e. The first-order valence-corrected chi connectivity index (χ1v) is 12.5. The monoisotopic (exact) mass is 454 g/mol. The van der Waals surface area contributed by atoms with E-state index in [0.717, 1.165) is 50.3 Å². The maximum atomic E-state index is 13.1. The average molecular weight is 455 g/mol. The molecule has 2 aromatic carbocycles. The molecule has 1 aliphatic rings. The topological polar surface area (TPSA) is 74.8 Å². The van der Waals surface area contributed by atoms with Crippen LogP contribution >= 0.6 is 0 Å². The molecule has 170 valence electrons. The fraction of sp³-hybridized carbons (Fsp3) is 0.375. The highest BCUT2D eigenvalue weighted by Gasteiger charge is 2.26. The molecule has 0 amide bonds. The minimum Gasteiger partial charge on any atom is -0.494 e. The fourth-order valence-electron chi connectivity index (χ4n) is 4.06. The van der Waals surface area contributed by atoms with Crippen molar-refractivity contribution >= 4 is 20.8 Å². The molecule has 0 saturated carbocycles. The van der Waals surface area contributed by atoms with Gasteiger partial charge in [-0.1, -0.05) is 30.3 Å². The van der Waals surface area contributed by atoms with Gasteiger partial charge in [0, 0.05) is 55.9 Å². The molecule has 3 aromatic rings. The highest BCUT2D eigenvalue weighted by atomic mass is 32.2. The quantitative estimate of drug-likeness (QED) is 0.501. The summed E-state index contributed by atoms with van der Waals surface area (Å²) < 4.78 is 34.8. The van der Waals surface area contributed by atoms with E-state index in [1.165, 1.54) is 0 Å². The van der Waals surface area contributed by atoms with Gasteiger partial charge < -0.3 is 9.64 Å². The number of piperazine rings is 1. The van der Waals surface area contributed by atoms with E-state index in [9.17, 15) is 8.42 Å². The SMILES string of the molecule is CC(NS(=O)(=O)c1cccc2cnccc12)N1CCN(CCCOc2ccccc2)CC1. The van der Waals surface area contributed by atoms with E-state index in [4.69, 9.17) is 4.74 Å². The molecule has 1 N–H and O–H groups in total. The van der Waals surface area contributed by atoms with E-state index >= 15 is 0 Å². The van der Waals surface area contributed by atoms with Gasteiger partial charge in [0.2, 0.25) is 10.0 Å². The Labute approximate surface area is 190 Å². The number of ether oxygens (including phenoxy) is 1. The van der Waals surface area contributed by atoms with Gasteiger partial charge in [-0.2, -0.15) is 4.72 Å². The molecule has 1 fully saturated rings. The Bertz CT molecular complexity index is 1110. The number of nitrogens with zero attached hydrogens (tertiary/aromatic N) is 3. The first kappa shape index (κ1) is 22.7. The molecule has 4 rings (SSSR count). The second-order valence-corrected chi connectivity index (χ2v) is 9.73. The summed E-state index contributed by atoms with van der Waals surface area (Å²) in [6.07, 6.45) is 3.99. The minimum atomic E-state index is -3.64. The number of sulfonamides is 1. The third kappa shape index (κ3) is 5.63. The van der Waals surface area contributed by atoms with Crippen molar-refractivity contribution in [1.29, 1.82) is 0 Å². The van der Waals surface area contributed by atoms with E-state index in [1.54, 1.807) is 30.6 Å². The predicted octanol–water partition coefficient (Wildman–Crippen LogP) is 2.95. The minimum absolute atomic E-state index is 0.277. The molecule has 1 unspecified atom stereocenters. The zero-order valence-electron chi connectivity index (χ0n) is 18.4. The van der Waals surface area contributed by atoms with Crippen molar-refractivity contribution in [3.05, 3.63) is 67.0 Å². The van der Waals surface area contributed by atoms with Gasteiger partial charge in [-0.15, -0.1) is 0 Å². The van der Waals surface area contributed by atoms with Crippen LogP contribution in [0.2, 0.25) is 0 Å². The Balaban J connectivity index is 1.25. The maximum absolute atomic E-state index is 13.1. The summed E-state index contributed by atoms with van der Waals surface area (Å²) >= 11 is 0. The van der Waals surface area contributed by atoms with E-state index in [1.807, 2.05) is 43.3 Å². The summed E-state index contributed by atoms with van der Waals surface area (Å²) in [6.45, 7) is 7.06. The predicted molar refractivity (Wildman–Crippen MR) is 126 cm³/mol. The van der Waals surface area contributed by atoms with Crippen molar-refractivity contribution in [2.45, 2.75) is 24.4 Å². The van der Waals surface area contributed by atoms with Crippen molar-refractivity contribution in [2.24, 2.45) is 0 Å². The summed E-state index contributed by atoms with van der Waals surface area (Å²) in [5.74, 6) is 0.904. The number of rotatable bonds is 9. The van der Waals surface area contributed by atoms with Gasteiger partial charge in [0.25, 0.3) is 0 Å².